The van der Waals surface area contributed by atoms with Gasteiger partial charge in [0.25, 0.3) is 5.91 Å². The molecule has 2 N–H and O–H groups in total. The lowest BCUT2D eigenvalue weighted by Gasteiger charge is -1.98. The minimum absolute atomic E-state index is 0.291. The molecule has 0 fully saturated rings. The van der Waals surface area contributed by atoms with E-state index in [-0.39, 0.29) is 5.91 Å². The predicted molar refractivity (Wildman–Crippen MR) is 85.3 cm³/mol. The number of nitrogens with zero attached hydrogens (tertiary/aromatic N) is 2. The summed E-state index contributed by atoms with van der Waals surface area (Å²) in [6, 6.07) is 9.32. The third-order valence-electron chi connectivity index (χ3n) is 2.97. The SMILES string of the molecule is O=C(N/N=C/c1c[nH]c2ccc(Br)cc12)c1cccnc1. The molecule has 2 heterocycles. The minimum Gasteiger partial charge on any atom is -0.361 e. The Labute approximate surface area is 129 Å². The zero-order chi connectivity index (χ0) is 14.7. The summed E-state index contributed by atoms with van der Waals surface area (Å²) in [5.74, 6) is -0.291. The molecule has 0 unspecified atom stereocenters. The maximum atomic E-state index is 11.8. The number of hydrogen-bond donors (Lipinski definition) is 2. The number of aromatic nitrogens is 2. The van der Waals surface area contributed by atoms with E-state index in [1.54, 1.807) is 24.5 Å². The van der Waals surface area contributed by atoms with E-state index in [4.69, 9.17) is 0 Å². The van der Waals surface area contributed by atoms with Crippen LogP contribution in [0, 0.1) is 0 Å². The van der Waals surface area contributed by atoms with Gasteiger partial charge < -0.3 is 4.98 Å². The Kier molecular flexibility index (Phi) is 3.79. The first-order valence-corrected chi connectivity index (χ1v) is 7.03. The van der Waals surface area contributed by atoms with Gasteiger partial charge in [-0.3, -0.25) is 9.78 Å². The lowest BCUT2D eigenvalue weighted by atomic mass is 10.2. The molecule has 3 aromatic rings. The number of benzene rings is 1. The Balaban J connectivity index is 1.76. The molecule has 0 bridgehead atoms. The first-order valence-electron chi connectivity index (χ1n) is 6.24. The minimum atomic E-state index is -0.291. The van der Waals surface area contributed by atoms with Crippen molar-refractivity contribution in [3.8, 4) is 0 Å². The molecular formula is C15H11BrN4O. The average molecular weight is 343 g/mol. The highest BCUT2D eigenvalue weighted by atomic mass is 79.9. The van der Waals surface area contributed by atoms with Crippen molar-refractivity contribution in [1.82, 2.24) is 15.4 Å². The molecule has 104 valence electrons. The van der Waals surface area contributed by atoms with Crippen LogP contribution in [-0.4, -0.2) is 22.1 Å². The van der Waals surface area contributed by atoms with E-state index in [9.17, 15) is 4.79 Å². The number of hydrogen-bond acceptors (Lipinski definition) is 3. The molecule has 5 nitrogen and oxygen atoms in total. The summed E-state index contributed by atoms with van der Waals surface area (Å²) in [6.07, 6.45) is 6.56. The van der Waals surface area contributed by atoms with Crippen LogP contribution in [0.5, 0.6) is 0 Å². The first-order chi connectivity index (χ1) is 10.2. The number of nitrogens with one attached hydrogen (secondary N) is 2. The van der Waals surface area contributed by atoms with Crippen molar-refractivity contribution in [2.24, 2.45) is 5.10 Å². The predicted octanol–water partition coefficient (Wildman–Crippen LogP) is 3.09. The van der Waals surface area contributed by atoms with Gasteiger partial charge in [0.1, 0.15) is 0 Å². The van der Waals surface area contributed by atoms with Crippen LogP contribution in [0.15, 0.2) is 58.5 Å². The molecule has 0 spiro atoms. The molecule has 1 aromatic carbocycles. The van der Waals surface area contributed by atoms with Crippen LogP contribution in [0.2, 0.25) is 0 Å². The third-order valence-corrected chi connectivity index (χ3v) is 3.46. The highest BCUT2D eigenvalue weighted by Crippen LogP contribution is 2.21. The van der Waals surface area contributed by atoms with E-state index in [1.165, 1.54) is 6.20 Å². The molecule has 0 aliphatic carbocycles. The number of fused-ring (bicyclic) bond motifs is 1. The van der Waals surface area contributed by atoms with Crippen LogP contribution < -0.4 is 5.43 Å². The molecule has 1 amide bonds. The molecule has 3 rings (SSSR count). The second kappa shape index (κ2) is 5.88. The van der Waals surface area contributed by atoms with E-state index >= 15 is 0 Å². The molecule has 0 saturated carbocycles. The van der Waals surface area contributed by atoms with Crippen molar-refractivity contribution in [1.29, 1.82) is 0 Å². The van der Waals surface area contributed by atoms with Gasteiger partial charge >= 0.3 is 0 Å². The largest absolute Gasteiger partial charge is 0.361 e. The van der Waals surface area contributed by atoms with Gasteiger partial charge in [0.2, 0.25) is 0 Å². The highest BCUT2D eigenvalue weighted by molar-refractivity contribution is 9.10. The van der Waals surface area contributed by atoms with Crippen LogP contribution in [0.25, 0.3) is 10.9 Å². The number of H-pyrrole nitrogens is 1. The van der Waals surface area contributed by atoms with Crippen LogP contribution in [0.1, 0.15) is 15.9 Å². The molecule has 0 radical (unpaired) electrons. The van der Waals surface area contributed by atoms with Crippen molar-refractivity contribution in [3.05, 3.63) is 64.5 Å². The van der Waals surface area contributed by atoms with Gasteiger partial charge in [0.05, 0.1) is 11.8 Å². The second-order valence-electron chi connectivity index (χ2n) is 4.37. The van der Waals surface area contributed by atoms with Crippen molar-refractivity contribution in [2.75, 3.05) is 0 Å². The molecule has 21 heavy (non-hydrogen) atoms. The fraction of sp³-hybridized carbons (Fsp3) is 0. The molecule has 0 atom stereocenters. The molecule has 6 heteroatoms. The van der Waals surface area contributed by atoms with Gasteiger partial charge in [0, 0.05) is 39.5 Å². The fourth-order valence-corrected chi connectivity index (χ4v) is 2.30. The number of halogens is 1. The summed E-state index contributed by atoms with van der Waals surface area (Å²) in [5, 5.41) is 5.01. The Morgan fingerprint density at radius 3 is 3.10 bits per heavy atom. The summed E-state index contributed by atoms with van der Waals surface area (Å²) in [6.45, 7) is 0. The second-order valence-corrected chi connectivity index (χ2v) is 5.29. The fourth-order valence-electron chi connectivity index (χ4n) is 1.94. The summed E-state index contributed by atoms with van der Waals surface area (Å²) in [7, 11) is 0. The number of amides is 1. The number of pyridine rings is 1. The molecular weight excluding hydrogens is 332 g/mol. The van der Waals surface area contributed by atoms with Crippen molar-refractivity contribution >= 4 is 39.0 Å². The number of aromatic amines is 1. The first kappa shape index (κ1) is 13.5. The number of carbonyl (C=O) groups is 1. The van der Waals surface area contributed by atoms with E-state index in [0.717, 1.165) is 20.9 Å². The molecule has 0 saturated heterocycles. The van der Waals surface area contributed by atoms with Gasteiger partial charge in [-0.05, 0) is 30.3 Å². The molecule has 0 aliphatic heterocycles. The number of rotatable bonds is 3. The van der Waals surface area contributed by atoms with Gasteiger partial charge in [-0.15, -0.1) is 0 Å². The smallest absolute Gasteiger partial charge is 0.272 e. The van der Waals surface area contributed by atoms with E-state index in [0.29, 0.717) is 5.56 Å². The number of carbonyl (C=O) groups excluding carboxylic acids is 1. The Hall–Kier alpha value is -2.47. The summed E-state index contributed by atoms with van der Waals surface area (Å²) in [5.41, 5.74) is 4.86. The monoisotopic (exact) mass is 342 g/mol. The zero-order valence-corrected chi connectivity index (χ0v) is 12.5. The third kappa shape index (κ3) is 3.00. The normalized spacial score (nSPS) is 11.1. The lowest BCUT2D eigenvalue weighted by Crippen LogP contribution is -2.17. The van der Waals surface area contributed by atoms with Crippen LogP contribution in [-0.2, 0) is 0 Å². The highest BCUT2D eigenvalue weighted by Gasteiger charge is 2.04. The number of hydrazone groups is 1. The summed E-state index contributed by atoms with van der Waals surface area (Å²) >= 11 is 3.44. The van der Waals surface area contributed by atoms with Gasteiger partial charge in [-0.2, -0.15) is 5.10 Å². The summed E-state index contributed by atoms with van der Waals surface area (Å²) in [4.78, 5) is 18.9. The Bertz CT molecular complexity index is 811. The quantitative estimate of drug-likeness (QED) is 0.567. The van der Waals surface area contributed by atoms with Crippen LogP contribution in [0.3, 0.4) is 0 Å². The van der Waals surface area contributed by atoms with Gasteiger partial charge in [0.15, 0.2) is 0 Å². The van der Waals surface area contributed by atoms with E-state index < -0.39 is 0 Å². The standard InChI is InChI=1S/C15H11BrN4O/c16-12-3-4-14-13(6-12)11(8-18-14)9-19-20-15(21)10-2-1-5-17-7-10/h1-9,18H,(H,20,21)/b19-9+. The maximum absolute atomic E-state index is 11.8. The topological polar surface area (TPSA) is 70.1 Å². The van der Waals surface area contributed by atoms with Crippen LogP contribution >= 0.6 is 15.9 Å². The maximum Gasteiger partial charge on any atom is 0.272 e. The van der Waals surface area contributed by atoms with Gasteiger partial charge in [-0.1, -0.05) is 15.9 Å². The molecule has 0 aliphatic rings. The Morgan fingerprint density at radius 2 is 2.29 bits per heavy atom. The zero-order valence-electron chi connectivity index (χ0n) is 10.9. The van der Waals surface area contributed by atoms with Gasteiger partial charge in [-0.25, -0.2) is 5.43 Å². The summed E-state index contributed by atoms with van der Waals surface area (Å²) < 4.78 is 0.989. The lowest BCUT2D eigenvalue weighted by molar-refractivity contribution is 0.0955. The Morgan fingerprint density at radius 1 is 1.38 bits per heavy atom. The van der Waals surface area contributed by atoms with Crippen molar-refractivity contribution in [2.45, 2.75) is 0 Å². The molecule has 2 aromatic heterocycles. The van der Waals surface area contributed by atoms with Crippen LogP contribution in [0.4, 0.5) is 0 Å². The average Bonchev–Trinajstić information content (AvgIpc) is 2.90. The van der Waals surface area contributed by atoms with Crippen molar-refractivity contribution in [3.63, 3.8) is 0 Å². The van der Waals surface area contributed by atoms with E-state index in [1.807, 2.05) is 24.4 Å². The van der Waals surface area contributed by atoms with Crippen molar-refractivity contribution < 1.29 is 4.79 Å². The van der Waals surface area contributed by atoms with E-state index in [2.05, 4.69) is 36.4 Å².